The van der Waals surface area contributed by atoms with Crippen LogP contribution < -0.4 is 4.74 Å². The third-order valence-electron chi connectivity index (χ3n) is 2.90. The Morgan fingerprint density at radius 2 is 1.73 bits per heavy atom. The minimum atomic E-state index is -4.42. The fourth-order valence-corrected chi connectivity index (χ4v) is 1.90. The van der Waals surface area contributed by atoms with Gasteiger partial charge in [-0.25, -0.2) is 0 Å². The van der Waals surface area contributed by atoms with Crippen LogP contribution in [0.4, 0.5) is 13.2 Å². The van der Waals surface area contributed by atoms with Crippen molar-refractivity contribution in [1.29, 1.82) is 0 Å². The molecule has 22 heavy (non-hydrogen) atoms. The van der Waals surface area contributed by atoms with Crippen LogP contribution >= 0.6 is 0 Å². The number of hydrogen-bond acceptors (Lipinski definition) is 3. The minimum absolute atomic E-state index is 0.221. The highest BCUT2D eigenvalue weighted by Crippen LogP contribution is 2.31. The quantitative estimate of drug-likeness (QED) is 0.732. The number of halogens is 3. The summed E-state index contributed by atoms with van der Waals surface area (Å²) in [5.74, 6) is 0.767. The van der Waals surface area contributed by atoms with Gasteiger partial charge in [0.05, 0.1) is 11.3 Å². The number of aromatic nitrogens is 3. The molecule has 0 fully saturated rings. The van der Waals surface area contributed by atoms with Gasteiger partial charge in [-0.3, -0.25) is 0 Å². The number of alkyl halides is 3. The van der Waals surface area contributed by atoms with Crippen LogP contribution in [-0.4, -0.2) is 15.0 Å². The van der Waals surface area contributed by atoms with Crippen molar-refractivity contribution in [3.8, 4) is 17.3 Å². The molecule has 7 heteroatoms. The van der Waals surface area contributed by atoms with E-state index in [9.17, 15) is 13.2 Å². The Kier molecular flexibility index (Phi) is 3.54. The van der Waals surface area contributed by atoms with Crippen molar-refractivity contribution in [2.24, 2.45) is 0 Å². The smallest absolute Gasteiger partial charge is 0.416 e. The molecule has 0 aliphatic carbocycles. The molecule has 1 aromatic heterocycles. The van der Waals surface area contributed by atoms with Gasteiger partial charge in [0.15, 0.2) is 0 Å². The Balaban J connectivity index is 1.95. The number of ether oxygens (including phenoxy) is 1. The lowest BCUT2D eigenvalue weighted by atomic mass is 10.2. The summed E-state index contributed by atoms with van der Waals surface area (Å²) in [5, 5.41) is 7.47. The fourth-order valence-electron chi connectivity index (χ4n) is 1.90. The van der Waals surface area contributed by atoms with Gasteiger partial charge < -0.3 is 4.74 Å². The van der Waals surface area contributed by atoms with Gasteiger partial charge in [0.25, 0.3) is 0 Å². The highest BCUT2D eigenvalue weighted by atomic mass is 19.4. The molecule has 0 spiro atoms. The second kappa shape index (κ2) is 5.51. The molecule has 0 N–H and O–H groups in total. The summed E-state index contributed by atoms with van der Waals surface area (Å²) < 4.78 is 45.1. The van der Waals surface area contributed by atoms with Gasteiger partial charge in [0.1, 0.15) is 11.9 Å². The standard InChI is InChI=1S/C15H10F3N3O/c16-15(17,18)11-5-4-6-12(9-11)21-14(10-19-20-21)22-13-7-2-1-3-8-13/h1-10H. The van der Waals surface area contributed by atoms with Gasteiger partial charge in [0.2, 0.25) is 5.88 Å². The fraction of sp³-hybridized carbons (Fsp3) is 0.0667. The predicted octanol–water partition coefficient (Wildman–Crippen LogP) is 4.08. The first-order valence-electron chi connectivity index (χ1n) is 6.35. The normalized spacial score (nSPS) is 11.4. The molecule has 0 bridgehead atoms. The molecule has 3 rings (SSSR count). The predicted molar refractivity (Wildman–Crippen MR) is 72.9 cm³/mol. The molecular formula is C15H10F3N3O. The largest absolute Gasteiger partial charge is 0.437 e. The molecule has 3 aromatic rings. The molecule has 0 amide bonds. The number of benzene rings is 2. The van der Waals surface area contributed by atoms with Gasteiger partial charge in [-0.15, -0.1) is 5.10 Å². The number of hydrogen-bond donors (Lipinski definition) is 0. The van der Waals surface area contributed by atoms with E-state index in [1.54, 1.807) is 24.3 Å². The third-order valence-corrected chi connectivity index (χ3v) is 2.90. The molecular weight excluding hydrogens is 295 g/mol. The summed E-state index contributed by atoms with van der Waals surface area (Å²) in [5.41, 5.74) is -0.538. The monoisotopic (exact) mass is 305 g/mol. The maximum atomic E-state index is 12.8. The molecule has 0 saturated carbocycles. The lowest BCUT2D eigenvalue weighted by Gasteiger charge is -2.10. The van der Waals surface area contributed by atoms with Gasteiger partial charge in [-0.2, -0.15) is 17.9 Å². The van der Waals surface area contributed by atoms with Gasteiger partial charge >= 0.3 is 6.18 Å². The average molecular weight is 305 g/mol. The molecule has 2 aromatic carbocycles. The maximum Gasteiger partial charge on any atom is 0.416 e. The van der Waals surface area contributed by atoms with Crippen molar-refractivity contribution in [2.45, 2.75) is 6.18 Å². The van der Waals surface area contributed by atoms with E-state index in [2.05, 4.69) is 10.3 Å². The van der Waals surface area contributed by atoms with Crippen molar-refractivity contribution in [2.75, 3.05) is 0 Å². The van der Waals surface area contributed by atoms with E-state index in [0.29, 0.717) is 5.75 Å². The van der Waals surface area contributed by atoms with E-state index in [1.165, 1.54) is 23.0 Å². The molecule has 0 atom stereocenters. The molecule has 112 valence electrons. The number of nitrogens with zero attached hydrogens (tertiary/aromatic N) is 3. The van der Waals surface area contributed by atoms with Crippen molar-refractivity contribution >= 4 is 0 Å². The SMILES string of the molecule is FC(F)(F)c1cccc(-n2nncc2Oc2ccccc2)c1. The van der Waals surface area contributed by atoms with Crippen LogP contribution in [0.15, 0.2) is 60.8 Å². The average Bonchev–Trinajstić information content (AvgIpc) is 2.96. The van der Waals surface area contributed by atoms with Crippen LogP contribution in [0.5, 0.6) is 11.6 Å². The maximum absolute atomic E-state index is 12.8. The molecule has 4 nitrogen and oxygen atoms in total. The van der Waals surface area contributed by atoms with Crippen LogP contribution in [0.2, 0.25) is 0 Å². The first-order valence-corrected chi connectivity index (χ1v) is 6.35. The third kappa shape index (κ3) is 2.93. The minimum Gasteiger partial charge on any atom is -0.437 e. The zero-order chi connectivity index (χ0) is 15.6. The highest BCUT2D eigenvalue weighted by Gasteiger charge is 2.30. The number of para-hydroxylation sites is 1. The van der Waals surface area contributed by atoms with Crippen LogP contribution in [-0.2, 0) is 6.18 Å². The summed E-state index contributed by atoms with van der Waals surface area (Å²) in [6.07, 6.45) is -3.08. The van der Waals surface area contributed by atoms with E-state index in [4.69, 9.17) is 4.74 Å². The summed E-state index contributed by atoms with van der Waals surface area (Å²) >= 11 is 0. The Labute approximate surface area is 123 Å². The Hall–Kier alpha value is -2.83. The van der Waals surface area contributed by atoms with Crippen LogP contribution in [0.1, 0.15) is 5.56 Å². The lowest BCUT2D eigenvalue weighted by molar-refractivity contribution is -0.137. The van der Waals surface area contributed by atoms with E-state index in [1.807, 2.05) is 6.07 Å². The van der Waals surface area contributed by atoms with Crippen LogP contribution in [0.25, 0.3) is 5.69 Å². The second-order valence-electron chi connectivity index (χ2n) is 4.45. The highest BCUT2D eigenvalue weighted by molar-refractivity contribution is 5.39. The summed E-state index contributed by atoms with van der Waals surface area (Å²) in [7, 11) is 0. The van der Waals surface area contributed by atoms with E-state index in [0.717, 1.165) is 12.1 Å². The van der Waals surface area contributed by atoms with E-state index >= 15 is 0 Å². The first-order chi connectivity index (χ1) is 10.5. The lowest BCUT2D eigenvalue weighted by Crippen LogP contribution is -2.07. The molecule has 0 aliphatic rings. The van der Waals surface area contributed by atoms with E-state index < -0.39 is 11.7 Å². The Morgan fingerprint density at radius 1 is 0.955 bits per heavy atom. The Bertz CT molecular complexity index is 769. The number of rotatable bonds is 3. The van der Waals surface area contributed by atoms with Crippen molar-refractivity contribution < 1.29 is 17.9 Å². The van der Waals surface area contributed by atoms with Gasteiger partial charge in [-0.1, -0.05) is 29.5 Å². The summed E-state index contributed by atoms with van der Waals surface area (Å²) in [6.45, 7) is 0. The topological polar surface area (TPSA) is 39.9 Å². The van der Waals surface area contributed by atoms with E-state index in [-0.39, 0.29) is 11.6 Å². The Morgan fingerprint density at radius 3 is 2.45 bits per heavy atom. The van der Waals surface area contributed by atoms with Crippen molar-refractivity contribution in [3.05, 3.63) is 66.4 Å². The summed E-state index contributed by atoms with van der Waals surface area (Å²) in [6, 6.07) is 13.7. The molecule has 0 unspecified atom stereocenters. The summed E-state index contributed by atoms with van der Waals surface area (Å²) in [4.78, 5) is 0. The molecule has 0 radical (unpaired) electrons. The molecule has 1 heterocycles. The molecule has 0 saturated heterocycles. The van der Waals surface area contributed by atoms with Crippen molar-refractivity contribution in [3.63, 3.8) is 0 Å². The molecule has 0 aliphatic heterocycles. The van der Waals surface area contributed by atoms with Crippen LogP contribution in [0.3, 0.4) is 0 Å². The van der Waals surface area contributed by atoms with Crippen LogP contribution in [0, 0.1) is 0 Å². The van der Waals surface area contributed by atoms with Gasteiger partial charge in [0, 0.05) is 0 Å². The first kappa shape index (κ1) is 14.1. The van der Waals surface area contributed by atoms with Gasteiger partial charge in [-0.05, 0) is 30.3 Å². The van der Waals surface area contributed by atoms with Crippen molar-refractivity contribution in [1.82, 2.24) is 15.0 Å². The zero-order valence-corrected chi connectivity index (χ0v) is 11.2. The zero-order valence-electron chi connectivity index (χ0n) is 11.2. The second-order valence-corrected chi connectivity index (χ2v) is 4.45.